The molecule has 1 aromatic carbocycles. The Morgan fingerprint density at radius 3 is 2.05 bits per heavy atom. The van der Waals surface area contributed by atoms with Crippen LogP contribution in [-0.2, 0) is 0 Å². The van der Waals surface area contributed by atoms with Crippen LogP contribution in [0.1, 0.15) is 62.1 Å². The molecule has 1 saturated carbocycles. The normalized spacial score (nSPS) is 18.5. The number of hydrogen-bond donors (Lipinski definition) is 1. The summed E-state index contributed by atoms with van der Waals surface area (Å²) in [5.74, 6) is 0. The maximum atomic E-state index is 12.5. The first kappa shape index (κ1) is 14.9. The van der Waals surface area contributed by atoms with Gasteiger partial charge in [-0.1, -0.05) is 49.9 Å². The summed E-state index contributed by atoms with van der Waals surface area (Å²) in [4.78, 5) is 0. The highest BCUT2D eigenvalue weighted by Gasteiger charge is 2.18. The third-order valence-corrected chi connectivity index (χ3v) is 3.91. The summed E-state index contributed by atoms with van der Waals surface area (Å²) in [5, 5.41) is 12.7. The maximum absolute atomic E-state index is 12.5. The first-order valence-electron chi connectivity index (χ1n) is 7.24. The smallest absolute Gasteiger partial charge is 0.263 e. The van der Waals surface area contributed by atoms with Crippen molar-refractivity contribution in [3.63, 3.8) is 0 Å². The van der Waals surface area contributed by atoms with E-state index in [1.807, 2.05) is 0 Å². The molecule has 0 bridgehead atoms. The Kier molecular flexibility index (Phi) is 5.49. The van der Waals surface area contributed by atoms with Gasteiger partial charge in [0, 0.05) is 11.6 Å². The van der Waals surface area contributed by atoms with E-state index in [9.17, 15) is 14.0 Å². The Morgan fingerprint density at radius 1 is 1.00 bits per heavy atom. The summed E-state index contributed by atoms with van der Waals surface area (Å²) >= 11 is 0. The van der Waals surface area contributed by atoms with Gasteiger partial charge in [0.25, 0.3) is 6.43 Å². The first-order chi connectivity index (χ1) is 9.70. The van der Waals surface area contributed by atoms with Crippen molar-refractivity contribution in [1.29, 1.82) is 5.26 Å². The summed E-state index contributed by atoms with van der Waals surface area (Å²) in [6, 6.07) is 8.23. The fourth-order valence-corrected chi connectivity index (χ4v) is 2.72. The quantitative estimate of drug-likeness (QED) is 0.823. The van der Waals surface area contributed by atoms with Crippen molar-refractivity contribution in [3.8, 4) is 6.07 Å². The lowest BCUT2D eigenvalue weighted by Crippen LogP contribution is -2.31. The summed E-state index contributed by atoms with van der Waals surface area (Å²) < 4.78 is 25.0. The zero-order chi connectivity index (χ0) is 14.4. The van der Waals surface area contributed by atoms with E-state index in [1.54, 1.807) is 12.1 Å². The number of nitrogens with zero attached hydrogens (tertiary/aromatic N) is 1. The van der Waals surface area contributed by atoms with Gasteiger partial charge < -0.3 is 0 Å². The Balaban J connectivity index is 2.02. The van der Waals surface area contributed by atoms with Gasteiger partial charge in [0.05, 0.1) is 6.07 Å². The highest BCUT2D eigenvalue weighted by Crippen LogP contribution is 2.23. The molecule has 0 saturated heterocycles. The molecule has 1 atom stereocenters. The second-order valence-corrected chi connectivity index (χ2v) is 5.38. The third kappa shape index (κ3) is 4.01. The predicted molar refractivity (Wildman–Crippen MR) is 74.4 cm³/mol. The standard InChI is InChI=1S/C16H20F2N2/c17-16(18)13-9-7-12(8-10-13)15(11-19)20-14-5-3-1-2-4-6-14/h7-10,14-16,20H,1-6H2. The molecule has 1 N–H and O–H groups in total. The van der Waals surface area contributed by atoms with Gasteiger partial charge in [-0.05, 0) is 18.4 Å². The second kappa shape index (κ2) is 7.35. The molecule has 1 aliphatic carbocycles. The zero-order valence-electron chi connectivity index (χ0n) is 11.5. The van der Waals surface area contributed by atoms with Crippen LogP contribution in [0.4, 0.5) is 8.78 Å². The summed E-state index contributed by atoms with van der Waals surface area (Å²) in [5.41, 5.74) is 0.765. The predicted octanol–water partition coefficient (Wildman–Crippen LogP) is 4.50. The topological polar surface area (TPSA) is 35.8 Å². The van der Waals surface area contributed by atoms with Crippen LogP contribution in [0.15, 0.2) is 24.3 Å². The van der Waals surface area contributed by atoms with Crippen molar-refractivity contribution >= 4 is 0 Å². The van der Waals surface area contributed by atoms with E-state index in [-0.39, 0.29) is 5.56 Å². The number of nitriles is 1. The van der Waals surface area contributed by atoms with E-state index >= 15 is 0 Å². The van der Waals surface area contributed by atoms with E-state index in [1.165, 1.54) is 37.8 Å². The van der Waals surface area contributed by atoms with Crippen LogP contribution in [0.25, 0.3) is 0 Å². The molecule has 2 rings (SSSR count). The molecule has 0 radical (unpaired) electrons. The number of hydrogen-bond acceptors (Lipinski definition) is 2. The Bertz CT molecular complexity index is 443. The van der Waals surface area contributed by atoms with E-state index in [0.29, 0.717) is 6.04 Å². The molecule has 0 amide bonds. The monoisotopic (exact) mass is 278 g/mol. The van der Waals surface area contributed by atoms with Crippen LogP contribution < -0.4 is 5.32 Å². The number of nitrogens with one attached hydrogen (secondary N) is 1. The highest BCUT2D eigenvalue weighted by molar-refractivity contribution is 5.28. The van der Waals surface area contributed by atoms with Gasteiger partial charge in [-0.15, -0.1) is 0 Å². The van der Waals surface area contributed by atoms with Crippen LogP contribution >= 0.6 is 0 Å². The van der Waals surface area contributed by atoms with Crippen molar-refractivity contribution in [2.45, 2.75) is 57.0 Å². The maximum Gasteiger partial charge on any atom is 0.263 e. The summed E-state index contributed by atoms with van der Waals surface area (Å²) in [6.07, 6.45) is 4.64. The summed E-state index contributed by atoms with van der Waals surface area (Å²) in [7, 11) is 0. The van der Waals surface area contributed by atoms with Crippen molar-refractivity contribution < 1.29 is 8.78 Å². The second-order valence-electron chi connectivity index (χ2n) is 5.38. The number of rotatable bonds is 4. The Hall–Kier alpha value is -1.47. The molecule has 2 nitrogen and oxygen atoms in total. The van der Waals surface area contributed by atoms with Gasteiger partial charge in [0.2, 0.25) is 0 Å². The third-order valence-electron chi connectivity index (χ3n) is 3.91. The minimum absolute atomic E-state index is 0.0000869. The van der Waals surface area contributed by atoms with Gasteiger partial charge in [0.1, 0.15) is 6.04 Å². The lowest BCUT2D eigenvalue weighted by molar-refractivity contribution is 0.151. The Morgan fingerprint density at radius 2 is 1.55 bits per heavy atom. The fraction of sp³-hybridized carbons (Fsp3) is 0.562. The molecule has 1 aliphatic rings. The van der Waals surface area contributed by atoms with Crippen molar-refractivity contribution in [3.05, 3.63) is 35.4 Å². The van der Waals surface area contributed by atoms with Gasteiger partial charge >= 0.3 is 0 Å². The lowest BCUT2D eigenvalue weighted by Gasteiger charge is -2.20. The van der Waals surface area contributed by atoms with Gasteiger partial charge in [0.15, 0.2) is 0 Å². The summed E-state index contributed by atoms with van der Waals surface area (Å²) in [6.45, 7) is 0. The lowest BCUT2D eigenvalue weighted by atomic mass is 10.0. The number of alkyl halides is 2. The minimum Gasteiger partial charge on any atom is -0.295 e. The van der Waals surface area contributed by atoms with Gasteiger partial charge in [-0.25, -0.2) is 8.78 Å². The van der Waals surface area contributed by atoms with E-state index in [0.717, 1.165) is 18.4 Å². The molecule has 1 aromatic rings. The van der Waals surface area contributed by atoms with Crippen LogP contribution in [0.2, 0.25) is 0 Å². The van der Waals surface area contributed by atoms with Crippen LogP contribution in [0.3, 0.4) is 0 Å². The molecule has 1 unspecified atom stereocenters. The zero-order valence-corrected chi connectivity index (χ0v) is 11.5. The average Bonchev–Trinajstić information content (AvgIpc) is 2.73. The average molecular weight is 278 g/mol. The molecule has 20 heavy (non-hydrogen) atoms. The minimum atomic E-state index is -2.46. The molecule has 0 heterocycles. The van der Waals surface area contributed by atoms with E-state index in [2.05, 4.69) is 11.4 Å². The van der Waals surface area contributed by atoms with Crippen molar-refractivity contribution in [1.82, 2.24) is 5.32 Å². The van der Waals surface area contributed by atoms with Crippen molar-refractivity contribution in [2.75, 3.05) is 0 Å². The largest absolute Gasteiger partial charge is 0.295 e. The fourth-order valence-electron chi connectivity index (χ4n) is 2.72. The molecule has 0 spiro atoms. The molecule has 0 aromatic heterocycles. The SMILES string of the molecule is N#CC(NC1CCCCCC1)c1ccc(C(F)F)cc1. The molecule has 1 fully saturated rings. The highest BCUT2D eigenvalue weighted by atomic mass is 19.3. The first-order valence-corrected chi connectivity index (χ1v) is 7.24. The number of halogens is 2. The molecule has 4 heteroatoms. The van der Waals surface area contributed by atoms with Crippen LogP contribution in [0.5, 0.6) is 0 Å². The number of benzene rings is 1. The molecular formula is C16H20F2N2. The van der Waals surface area contributed by atoms with E-state index < -0.39 is 12.5 Å². The van der Waals surface area contributed by atoms with Crippen LogP contribution in [-0.4, -0.2) is 6.04 Å². The molecular weight excluding hydrogens is 258 g/mol. The van der Waals surface area contributed by atoms with Gasteiger partial charge in [-0.3, -0.25) is 5.32 Å². The Labute approximate surface area is 118 Å². The van der Waals surface area contributed by atoms with Gasteiger partial charge in [-0.2, -0.15) is 5.26 Å². The van der Waals surface area contributed by atoms with E-state index in [4.69, 9.17) is 0 Å². The van der Waals surface area contributed by atoms with Crippen molar-refractivity contribution in [2.24, 2.45) is 0 Å². The van der Waals surface area contributed by atoms with Crippen LogP contribution in [0, 0.1) is 11.3 Å². The molecule has 108 valence electrons. The molecule has 0 aliphatic heterocycles.